The standard InChI is InChI=1S/C18H34N2O4/c1-8-18(5,6)9-10-19-11-12-20(14(13-19)15(21)23-7)16(22)24-17(2,3)4/h14H,8-13H2,1-7H3. The molecule has 1 atom stereocenters. The second kappa shape index (κ2) is 8.19. The van der Waals surface area contributed by atoms with Gasteiger partial charge >= 0.3 is 12.1 Å². The van der Waals surface area contributed by atoms with Crippen molar-refractivity contribution >= 4 is 12.1 Å². The summed E-state index contributed by atoms with van der Waals surface area (Å²) in [4.78, 5) is 28.3. The topological polar surface area (TPSA) is 59.1 Å². The summed E-state index contributed by atoms with van der Waals surface area (Å²) in [6.45, 7) is 14.8. The second-order valence-electron chi connectivity index (χ2n) is 8.28. The first-order valence-electron chi connectivity index (χ1n) is 8.79. The number of piperazine rings is 1. The highest BCUT2D eigenvalue weighted by molar-refractivity contribution is 5.82. The van der Waals surface area contributed by atoms with Crippen LogP contribution in [0.2, 0.25) is 0 Å². The molecule has 0 N–H and O–H groups in total. The third kappa shape index (κ3) is 6.30. The third-order valence-electron chi connectivity index (χ3n) is 4.63. The van der Waals surface area contributed by atoms with Gasteiger partial charge in [0.15, 0.2) is 0 Å². The quantitative estimate of drug-likeness (QED) is 0.719. The molecule has 0 aromatic rings. The first-order valence-corrected chi connectivity index (χ1v) is 8.79. The summed E-state index contributed by atoms with van der Waals surface area (Å²) in [5.41, 5.74) is -0.302. The number of carbonyl (C=O) groups is 2. The fraction of sp³-hybridized carbons (Fsp3) is 0.889. The minimum atomic E-state index is -0.608. The minimum absolute atomic E-state index is 0.281. The lowest BCUT2D eigenvalue weighted by molar-refractivity contribution is -0.149. The monoisotopic (exact) mass is 342 g/mol. The molecule has 24 heavy (non-hydrogen) atoms. The average Bonchev–Trinajstić information content (AvgIpc) is 2.50. The molecular formula is C18H34N2O4. The third-order valence-corrected chi connectivity index (χ3v) is 4.63. The Kier molecular flexibility index (Phi) is 7.08. The molecule has 0 radical (unpaired) electrons. The predicted octanol–water partition coefficient (Wildman–Crippen LogP) is 2.91. The van der Waals surface area contributed by atoms with Crippen LogP contribution in [0.1, 0.15) is 54.4 Å². The van der Waals surface area contributed by atoms with Gasteiger partial charge in [0.1, 0.15) is 11.6 Å². The van der Waals surface area contributed by atoms with Crippen molar-refractivity contribution in [3.05, 3.63) is 0 Å². The van der Waals surface area contributed by atoms with Gasteiger partial charge in [0.25, 0.3) is 0 Å². The van der Waals surface area contributed by atoms with Crippen LogP contribution in [0.3, 0.4) is 0 Å². The van der Waals surface area contributed by atoms with Crippen molar-refractivity contribution in [1.82, 2.24) is 9.80 Å². The van der Waals surface area contributed by atoms with Gasteiger partial charge in [0, 0.05) is 19.6 Å². The van der Waals surface area contributed by atoms with E-state index < -0.39 is 17.7 Å². The summed E-state index contributed by atoms with van der Waals surface area (Å²) in [7, 11) is 1.36. The van der Waals surface area contributed by atoms with E-state index in [9.17, 15) is 9.59 Å². The Morgan fingerprint density at radius 2 is 1.75 bits per heavy atom. The van der Waals surface area contributed by atoms with E-state index in [0.717, 1.165) is 25.9 Å². The summed E-state index contributed by atoms with van der Waals surface area (Å²) in [6.07, 6.45) is 1.72. The molecule has 6 heteroatoms. The number of esters is 1. The molecule has 1 saturated heterocycles. The van der Waals surface area contributed by atoms with Crippen molar-refractivity contribution in [3.63, 3.8) is 0 Å². The van der Waals surface area contributed by atoms with E-state index in [1.165, 1.54) is 12.0 Å². The van der Waals surface area contributed by atoms with Gasteiger partial charge in [-0.25, -0.2) is 9.59 Å². The summed E-state index contributed by atoms with van der Waals surface area (Å²) < 4.78 is 10.3. The fourth-order valence-electron chi connectivity index (χ4n) is 2.56. The smallest absolute Gasteiger partial charge is 0.411 e. The van der Waals surface area contributed by atoms with Gasteiger partial charge < -0.3 is 9.47 Å². The highest BCUT2D eigenvalue weighted by atomic mass is 16.6. The Balaban J connectivity index is 2.74. The fourth-order valence-corrected chi connectivity index (χ4v) is 2.56. The highest BCUT2D eigenvalue weighted by Gasteiger charge is 2.38. The molecule has 0 spiro atoms. The van der Waals surface area contributed by atoms with Gasteiger partial charge in [-0.2, -0.15) is 0 Å². The zero-order valence-corrected chi connectivity index (χ0v) is 16.3. The molecule has 0 bridgehead atoms. The van der Waals surface area contributed by atoms with Crippen LogP contribution in [-0.2, 0) is 14.3 Å². The van der Waals surface area contributed by atoms with Crippen LogP contribution < -0.4 is 0 Å². The van der Waals surface area contributed by atoms with Crippen molar-refractivity contribution < 1.29 is 19.1 Å². The lowest BCUT2D eigenvalue weighted by Gasteiger charge is -2.41. The van der Waals surface area contributed by atoms with E-state index in [0.29, 0.717) is 13.1 Å². The summed E-state index contributed by atoms with van der Waals surface area (Å²) in [6, 6.07) is -0.608. The first-order chi connectivity index (χ1) is 11.0. The van der Waals surface area contributed by atoms with Gasteiger partial charge in [-0.05, 0) is 39.2 Å². The normalized spacial score (nSPS) is 20.0. The van der Waals surface area contributed by atoms with Crippen molar-refractivity contribution in [1.29, 1.82) is 0 Å². The molecule has 0 aromatic carbocycles. The van der Waals surface area contributed by atoms with E-state index >= 15 is 0 Å². The Bertz CT molecular complexity index is 443. The zero-order chi connectivity index (χ0) is 18.5. The molecule has 6 nitrogen and oxygen atoms in total. The molecule has 1 aliphatic heterocycles. The van der Waals surface area contributed by atoms with Crippen molar-refractivity contribution in [2.24, 2.45) is 5.41 Å². The maximum Gasteiger partial charge on any atom is 0.411 e. The molecule has 1 aliphatic rings. The van der Waals surface area contributed by atoms with E-state index in [-0.39, 0.29) is 11.4 Å². The molecule has 140 valence electrons. The molecule has 1 rings (SSSR count). The van der Waals surface area contributed by atoms with Gasteiger partial charge in [-0.1, -0.05) is 27.2 Å². The maximum atomic E-state index is 12.4. The molecule has 1 unspecified atom stereocenters. The lowest BCUT2D eigenvalue weighted by Crippen LogP contribution is -2.59. The van der Waals surface area contributed by atoms with Gasteiger partial charge in [0.05, 0.1) is 7.11 Å². The number of nitrogens with zero attached hydrogens (tertiary/aromatic N) is 2. The minimum Gasteiger partial charge on any atom is -0.467 e. The first kappa shape index (κ1) is 20.7. The largest absolute Gasteiger partial charge is 0.467 e. The van der Waals surface area contributed by atoms with Crippen LogP contribution in [-0.4, -0.2) is 66.8 Å². The summed E-state index contributed by atoms with van der Waals surface area (Å²) in [5.74, 6) is -0.389. The molecule has 1 amide bonds. The molecule has 1 fully saturated rings. The van der Waals surface area contributed by atoms with Crippen LogP contribution in [0.25, 0.3) is 0 Å². The predicted molar refractivity (Wildman–Crippen MR) is 93.9 cm³/mol. The molecule has 0 aromatic heterocycles. The Hall–Kier alpha value is -1.30. The van der Waals surface area contributed by atoms with Gasteiger partial charge in [-0.3, -0.25) is 9.80 Å². The van der Waals surface area contributed by atoms with E-state index in [1.807, 2.05) is 20.8 Å². The SMILES string of the molecule is CCC(C)(C)CCN1CCN(C(=O)OC(C)(C)C)C(C(=O)OC)C1. The van der Waals surface area contributed by atoms with Crippen LogP contribution in [0.4, 0.5) is 4.79 Å². The number of hydrogen-bond donors (Lipinski definition) is 0. The number of ether oxygens (including phenoxy) is 2. The van der Waals surface area contributed by atoms with Crippen molar-refractivity contribution in [3.8, 4) is 0 Å². The highest BCUT2D eigenvalue weighted by Crippen LogP contribution is 2.25. The molecule has 0 saturated carbocycles. The Morgan fingerprint density at radius 1 is 1.12 bits per heavy atom. The number of carbonyl (C=O) groups excluding carboxylic acids is 2. The summed E-state index contributed by atoms with van der Waals surface area (Å²) >= 11 is 0. The van der Waals surface area contributed by atoms with E-state index in [1.54, 1.807) is 0 Å². The Morgan fingerprint density at radius 3 is 2.25 bits per heavy atom. The van der Waals surface area contributed by atoms with Crippen LogP contribution in [0.15, 0.2) is 0 Å². The van der Waals surface area contributed by atoms with Crippen LogP contribution in [0, 0.1) is 5.41 Å². The number of amides is 1. The number of methoxy groups -OCH3 is 1. The number of hydrogen-bond acceptors (Lipinski definition) is 5. The average molecular weight is 342 g/mol. The molecular weight excluding hydrogens is 308 g/mol. The summed E-state index contributed by atoms with van der Waals surface area (Å²) in [5, 5.41) is 0. The van der Waals surface area contributed by atoms with Crippen molar-refractivity contribution in [2.75, 3.05) is 33.3 Å². The maximum absolute atomic E-state index is 12.4. The zero-order valence-electron chi connectivity index (χ0n) is 16.3. The molecule has 0 aliphatic carbocycles. The lowest BCUT2D eigenvalue weighted by atomic mass is 9.86. The molecule has 1 heterocycles. The van der Waals surface area contributed by atoms with Crippen LogP contribution >= 0.6 is 0 Å². The van der Waals surface area contributed by atoms with E-state index in [4.69, 9.17) is 9.47 Å². The van der Waals surface area contributed by atoms with Crippen molar-refractivity contribution in [2.45, 2.75) is 66.0 Å². The van der Waals surface area contributed by atoms with Crippen LogP contribution in [0.5, 0.6) is 0 Å². The Labute approximate surface area is 146 Å². The number of rotatable bonds is 5. The second-order valence-corrected chi connectivity index (χ2v) is 8.28. The van der Waals surface area contributed by atoms with E-state index in [2.05, 4.69) is 25.7 Å². The van der Waals surface area contributed by atoms with Gasteiger partial charge in [0.2, 0.25) is 0 Å². The van der Waals surface area contributed by atoms with Gasteiger partial charge in [-0.15, -0.1) is 0 Å².